The molecule has 0 aliphatic heterocycles. The number of imidazole rings is 1. The van der Waals surface area contributed by atoms with Crippen LogP contribution in [0.25, 0.3) is 11.0 Å². The van der Waals surface area contributed by atoms with Crippen molar-refractivity contribution >= 4 is 27.0 Å². The van der Waals surface area contributed by atoms with Crippen LogP contribution in [-0.4, -0.2) is 34.7 Å². The Morgan fingerprint density at radius 2 is 1.57 bits per heavy atom. The Morgan fingerprint density at radius 1 is 0.971 bits per heavy atom. The van der Waals surface area contributed by atoms with E-state index in [1.54, 1.807) is 60.7 Å². The monoisotopic (exact) mass is 498 g/mol. The van der Waals surface area contributed by atoms with Crippen LogP contribution >= 0.6 is 0 Å². The molecule has 0 radical (unpaired) electrons. The van der Waals surface area contributed by atoms with Crippen molar-refractivity contribution in [2.45, 2.75) is 31.0 Å². The van der Waals surface area contributed by atoms with Gasteiger partial charge >= 0.3 is 6.55 Å². The van der Waals surface area contributed by atoms with E-state index in [4.69, 9.17) is 0 Å². The minimum atomic E-state index is -4.01. The van der Waals surface area contributed by atoms with Gasteiger partial charge in [0, 0.05) is 6.54 Å². The Kier molecular flexibility index (Phi) is 7.23. The molecule has 0 unspecified atom stereocenters. The molecule has 0 spiro atoms. The Hall–Kier alpha value is -3.63. The molecule has 7 nitrogen and oxygen atoms in total. The van der Waals surface area contributed by atoms with Crippen LogP contribution in [-0.2, 0) is 21.4 Å². The van der Waals surface area contributed by atoms with Crippen molar-refractivity contribution in [1.29, 1.82) is 0 Å². The first kappa shape index (κ1) is 24.5. The van der Waals surface area contributed by atoms with Crippen molar-refractivity contribution in [3.8, 4) is 0 Å². The molecule has 1 aromatic heterocycles. The number of carbonyl (C=O) groups excluding carboxylic acids is 1. The number of rotatable bonds is 9. The molecule has 10 heteroatoms. The van der Waals surface area contributed by atoms with Crippen LogP contribution in [0.3, 0.4) is 0 Å². The fourth-order valence-electron chi connectivity index (χ4n) is 3.84. The Labute approximate surface area is 202 Å². The van der Waals surface area contributed by atoms with Crippen LogP contribution in [0.4, 0.5) is 8.78 Å². The Bertz CT molecular complexity index is 1410. The van der Waals surface area contributed by atoms with Gasteiger partial charge in [-0.25, -0.2) is 13.4 Å². The average molecular weight is 499 g/mol. The zero-order valence-electron chi connectivity index (χ0n) is 18.9. The molecular formula is C25H24F2N4O3S. The lowest BCUT2D eigenvalue weighted by Crippen LogP contribution is -2.41. The molecule has 4 rings (SSSR count). The molecule has 0 saturated carbocycles. The van der Waals surface area contributed by atoms with Crippen molar-refractivity contribution in [1.82, 2.24) is 19.2 Å². The SMILES string of the molecule is C[C@@H](NC(=O)CN(Cc1ccccc1)S(=O)(=O)c1ccccc1)c1nc2ccccc2n1C(F)F. The molecule has 1 heterocycles. The van der Waals surface area contributed by atoms with Gasteiger partial charge in [-0.15, -0.1) is 0 Å². The first-order chi connectivity index (χ1) is 16.8. The predicted octanol–water partition coefficient (Wildman–Crippen LogP) is 4.50. The number of sulfonamides is 1. The summed E-state index contributed by atoms with van der Waals surface area (Å²) >= 11 is 0. The molecule has 1 N–H and O–H groups in total. The molecule has 0 bridgehead atoms. The van der Waals surface area contributed by atoms with E-state index >= 15 is 0 Å². The standard InChI is InChI=1S/C25H24F2N4O3S/c1-18(24-29-21-14-8-9-15-22(21)31(24)25(26)27)28-23(32)17-30(16-19-10-4-2-5-11-19)35(33,34)20-12-6-3-7-13-20/h2-15,18,25H,16-17H2,1H3,(H,28,32)/t18-/m1/s1. The van der Waals surface area contributed by atoms with Crippen molar-refractivity contribution in [3.05, 3.63) is 96.3 Å². The molecule has 1 atom stereocenters. The minimum absolute atomic E-state index is 0.0184. The highest BCUT2D eigenvalue weighted by molar-refractivity contribution is 7.89. The third kappa shape index (κ3) is 5.39. The number of para-hydroxylation sites is 2. The van der Waals surface area contributed by atoms with Gasteiger partial charge in [0.1, 0.15) is 5.82 Å². The second-order valence-electron chi connectivity index (χ2n) is 7.97. The van der Waals surface area contributed by atoms with Gasteiger partial charge in [-0.3, -0.25) is 9.36 Å². The second kappa shape index (κ2) is 10.3. The van der Waals surface area contributed by atoms with Crippen LogP contribution in [0.15, 0.2) is 89.8 Å². The summed E-state index contributed by atoms with van der Waals surface area (Å²) in [5, 5.41) is 2.63. The van der Waals surface area contributed by atoms with Crippen LogP contribution < -0.4 is 5.32 Å². The number of aromatic nitrogens is 2. The Balaban J connectivity index is 1.59. The maximum atomic E-state index is 13.8. The zero-order valence-corrected chi connectivity index (χ0v) is 19.7. The van der Waals surface area contributed by atoms with Crippen LogP contribution in [0.5, 0.6) is 0 Å². The van der Waals surface area contributed by atoms with Crippen molar-refractivity contribution in [3.63, 3.8) is 0 Å². The third-order valence-electron chi connectivity index (χ3n) is 5.49. The molecule has 0 saturated heterocycles. The number of amides is 1. The average Bonchev–Trinajstić information content (AvgIpc) is 3.25. The van der Waals surface area contributed by atoms with Crippen molar-refractivity contribution in [2.24, 2.45) is 0 Å². The van der Waals surface area contributed by atoms with E-state index in [1.807, 2.05) is 6.07 Å². The summed E-state index contributed by atoms with van der Waals surface area (Å²) in [7, 11) is -4.01. The lowest BCUT2D eigenvalue weighted by molar-refractivity contribution is -0.122. The molecule has 35 heavy (non-hydrogen) atoms. The zero-order chi connectivity index (χ0) is 25.0. The van der Waals surface area contributed by atoms with E-state index in [0.717, 1.165) is 8.87 Å². The maximum Gasteiger partial charge on any atom is 0.320 e. The van der Waals surface area contributed by atoms with Gasteiger partial charge in [-0.2, -0.15) is 13.1 Å². The number of hydrogen-bond acceptors (Lipinski definition) is 4. The van der Waals surface area contributed by atoms with Crippen molar-refractivity contribution in [2.75, 3.05) is 6.54 Å². The summed E-state index contributed by atoms with van der Waals surface area (Å²) in [6, 6.07) is 22.3. The fraction of sp³-hybridized carbons (Fsp3) is 0.200. The van der Waals surface area contributed by atoms with E-state index in [2.05, 4.69) is 10.3 Å². The highest BCUT2D eigenvalue weighted by atomic mass is 32.2. The number of hydrogen-bond donors (Lipinski definition) is 1. The molecule has 4 aromatic rings. The quantitative estimate of drug-likeness (QED) is 0.368. The smallest absolute Gasteiger partial charge is 0.320 e. The number of benzene rings is 3. The Morgan fingerprint density at radius 3 is 2.23 bits per heavy atom. The normalized spacial score (nSPS) is 12.8. The van der Waals surface area contributed by atoms with Gasteiger partial charge in [0.15, 0.2) is 0 Å². The summed E-state index contributed by atoms with van der Waals surface area (Å²) in [5.74, 6) is -0.657. The molecule has 0 aliphatic carbocycles. The van der Waals surface area contributed by atoms with E-state index in [0.29, 0.717) is 11.1 Å². The number of carbonyl (C=O) groups is 1. The van der Waals surface area contributed by atoms with E-state index in [-0.39, 0.29) is 22.8 Å². The van der Waals surface area contributed by atoms with Gasteiger partial charge in [0.05, 0.1) is 28.5 Å². The minimum Gasteiger partial charge on any atom is -0.345 e. The maximum absolute atomic E-state index is 13.8. The summed E-state index contributed by atoms with van der Waals surface area (Å²) < 4.78 is 56.1. The molecule has 0 fully saturated rings. The number of nitrogens with zero attached hydrogens (tertiary/aromatic N) is 3. The number of halogens is 2. The van der Waals surface area contributed by atoms with Crippen LogP contribution in [0.2, 0.25) is 0 Å². The third-order valence-corrected chi connectivity index (χ3v) is 7.29. The molecule has 182 valence electrons. The molecule has 0 aliphatic rings. The van der Waals surface area contributed by atoms with Gasteiger partial charge in [0.2, 0.25) is 15.9 Å². The van der Waals surface area contributed by atoms with Gasteiger partial charge in [0.25, 0.3) is 0 Å². The molecular weight excluding hydrogens is 474 g/mol. The molecule has 3 aromatic carbocycles. The first-order valence-corrected chi connectivity index (χ1v) is 12.3. The van der Waals surface area contributed by atoms with E-state index in [9.17, 15) is 22.0 Å². The lowest BCUT2D eigenvalue weighted by atomic mass is 10.2. The highest BCUT2D eigenvalue weighted by Crippen LogP contribution is 2.26. The number of fused-ring (bicyclic) bond motifs is 1. The summed E-state index contributed by atoms with van der Waals surface area (Å²) in [6.45, 7) is -1.85. The predicted molar refractivity (Wildman–Crippen MR) is 128 cm³/mol. The van der Waals surface area contributed by atoms with Gasteiger partial charge in [-0.1, -0.05) is 60.7 Å². The van der Waals surface area contributed by atoms with Gasteiger partial charge < -0.3 is 5.32 Å². The number of nitrogens with one attached hydrogen (secondary N) is 1. The van der Waals surface area contributed by atoms with Crippen LogP contribution in [0, 0.1) is 0 Å². The summed E-state index contributed by atoms with van der Waals surface area (Å²) in [6.07, 6.45) is 0. The van der Waals surface area contributed by atoms with Crippen LogP contribution in [0.1, 0.15) is 30.9 Å². The summed E-state index contributed by atoms with van der Waals surface area (Å²) in [5.41, 5.74) is 1.32. The largest absolute Gasteiger partial charge is 0.345 e. The molecule has 1 amide bonds. The van der Waals surface area contributed by atoms with E-state index < -0.39 is 35.1 Å². The topological polar surface area (TPSA) is 84.3 Å². The van der Waals surface area contributed by atoms with Gasteiger partial charge in [-0.05, 0) is 36.8 Å². The first-order valence-electron chi connectivity index (χ1n) is 10.9. The fourth-order valence-corrected chi connectivity index (χ4v) is 5.25. The van der Waals surface area contributed by atoms with E-state index in [1.165, 1.54) is 25.1 Å². The summed E-state index contributed by atoms with van der Waals surface area (Å²) in [4.78, 5) is 17.3. The lowest BCUT2D eigenvalue weighted by Gasteiger charge is -2.23. The number of alkyl halides is 2. The van der Waals surface area contributed by atoms with Crippen molar-refractivity contribution < 1.29 is 22.0 Å². The highest BCUT2D eigenvalue weighted by Gasteiger charge is 2.28. The second-order valence-corrected chi connectivity index (χ2v) is 9.91.